The molecule has 9 heteroatoms. The Bertz CT molecular complexity index is 1450. The third-order valence-electron chi connectivity index (χ3n) is 5.06. The van der Waals surface area contributed by atoms with Gasteiger partial charge in [0, 0.05) is 22.0 Å². The van der Waals surface area contributed by atoms with Crippen LogP contribution in [0.1, 0.15) is 5.56 Å². The molecular weight excluding hydrogens is 468 g/mol. The molecule has 1 aromatic heterocycles. The topological polar surface area (TPSA) is 55.6 Å². The molecule has 33 heavy (non-hydrogen) atoms. The van der Waals surface area contributed by atoms with E-state index in [0.717, 1.165) is 22.9 Å². The van der Waals surface area contributed by atoms with Gasteiger partial charge in [0.25, 0.3) is 5.91 Å². The standard InChI is InChI=1S/C24H16ClF2N3O2S/c25-16-3-1-2-14(8-16)11-30-21(15-4-7-22-20(9-15)28-23(31)12-32-22)13-33-24(30)29-19-6-5-17(26)10-18(19)27/h1-10,13H,11-12H2,(H,28,31). The van der Waals surface area contributed by atoms with E-state index in [-0.39, 0.29) is 18.2 Å². The summed E-state index contributed by atoms with van der Waals surface area (Å²) in [6.45, 7) is 0.396. The molecule has 0 saturated carbocycles. The van der Waals surface area contributed by atoms with E-state index in [2.05, 4.69) is 10.3 Å². The molecule has 4 aromatic rings. The first-order chi connectivity index (χ1) is 16.0. The number of carbonyl (C=O) groups is 1. The lowest BCUT2D eigenvalue weighted by atomic mass is 10.1. The summed E-state index contributed by atoms with van der Waals surface area (Å²) < 4.78 is 35.0. The number of anilines is 1. The summed E-state index contributed by atoms with van der Waals surface area (Å²) in [6.07, 6.45) is 0. The summed E-state index contributed by atoms with van der Waals surface area (Å²) >= 11 is 7.50. The van der Waals surface area contributed by atoms with Crippen molar-refractivity contribution in [2.75, 3.05) is 11.9 Å². The van der Waals surface area contributed by atoms with Gasteiger partial charge in [-0.25, -0.2) is 13.8 Å². The first kappa shape index (κ1) is 21.4. The largest absolute Gasteiger partial charge is 0.482 e. The molecule has 166 valence electrons. The van der Waals surface area contributed by atoms with E-state index in [1.165, 1.54) is 23.5 Å². The highest BCUT2D eigenvalue weighted by Crippen LogP contribution is 2.33. The normalized spacial score (nSPS) is 13.4. The number of amides is 1. The number of nitrogens with one attached hydrogen (secondary N) is 1. The lowest BCUT2D eigenvalue weighted by Gasteiger charge is -2.19. The Balaban J connectivity index is 1.65. The molecule has 1 aliphatic heterocycles. The van der Waals surface area contributed by atoms with Crippen molar-refractivity contribution in [1.82, 2.24) is 4.57 Å². The van der Waals surface area contributed by atoms with Gasteiger partial charge >= 0.3 is 0 Å². The van der Waals surface area contributed by atoms with E-state index in [1.54, 1.807) is 12.1 Å². The predicted molar refractivity (Wildman–Crippen MR) is 124 cm³/mol. The Kier molecular flexibility index (Phi) is 5.70. The van der Waals surface area contributed by atoms with Gasteiger partial charge in [-0.15, -0.1) is 11.3 Å². The number of thiazole rings is 1. The Morgan fingerprint density at radius 2 is 2.00 bits per heavy atom. The molecule has 0 spiro atoms. The zero-order valence-electron chi connectivity index (χ0n) is 17.0. The number of hydrogen-bond acceptors (Lipinski definition) is 4. The molecule has 2 heterocycles. The van der Waals surface area contributed by atoms with Gasteiger partial charge in [-0.3, -0.25) is 4.79 Å². The summed E-state index contributed by atoms with van der Waals surface area (Å²) in [5.41, 5.74) is 3.17. The molecule has 0 atom stereocenters. The van der Waals surface area contributed by atoms with Crippen molar-refractivity contribution in [3.8, 4) is 17.0 Å². The Morgan fingerprint density at radius 1 is 1.12 bits per heavy atom. The average Bonchev–Trinajstić information content (AvgIpc) is 3.17. The third-order valence-corrected chi connectivity index (χ3v) is 6.16. The minimum absolute atomic E-state index is 0.0220. The molecule has 3 aromatic carbocycles. The van der Waals surface area contributed by atoms with Gasteiger partial charge in [0.1, 0.15) is 17.3 Å². The predicted octanol–water partition coefficient (Wildman–Crippen LogP) is 5.76. The van der Waals surface area contributed by atoms with E-state index < -0.39 is 11.6 Å². The summed E-state index contributed by atoms with van der Waals surface area (Å²) in [4.78, 5) is 16.7. The lowest BCUT2D eigenvalue weighted by Crippen LogP contribution is -2.25. The van der Waals surface area contributed by atoms with Crippen LogP contribution in [-0.4, -0.2) is 17.1 Å². The van der Waals surface area contributed by atoms with Gasteiger partial charge in [-0.05, 0) is 48.0 Å². The van der Waals surface area contributed by atoms with Gasteiger partial charge in [-0.2, -0.15) is 0 Å². The second-order valence-electron chi connectivity index (χ2n) is 7.37. The van der Waals surface area contributed by atoms with Crippen LogP contribution in [0.4, 0.5) is 20.2 Å². The van der Waals surface area contributed by atoms with Crippen molar-refractivity contribution >= 4 is 40.2 Å². The average molecular weight is 484 g/mol. The van der Waals surface area contributed by atoms with Gasteiger partial charge in [0.2, 0.25) is 0 Å². The Labute approximate surface area is 196 Å². The quantitative estimate of drug-likeness (QED) is 0.401. The summed E-state index contributed by atoms with van der Waals surface area (Å²) in [5.74, 6) is -1.04. The van der Waals surface area contributed by atoms with Crippen molar-refractivity contribution in [2.24, 2.45) is 4.99 Å². The maximum atomic E-state index is 14.3. The van der Waals surface area contributed by atoms with Crippen LogP contribution in [-0.2, 0) is 11.3 Å². The number of hydrogen-bond donors (Lipinski definition) is 1. The Morgan fingerprint density at radius 3 is 2.82 bits per heavy atom. The number of fused-ring (bicyclic) bond motifs is 1. The fourth-order valence-electron chi connectivity index (χ4n) is 3.54. The molecular formula is C24H16ClF2N3O2S. The van der Waals surface area contributed by atoms with Gasteiger partial charge in [0.15, 0.2) is 17.2 Å². The minimum atomic E-state index is -0.743. The third kappa shape index (κ3) is 4.53. The molecule has 5 rings (SSSR count). The van der Waals surface area contributed by atoms with E-state index >= 15 is 0 Å². The molecule has 5 nitrogen and oxygen atoms in total. The van der Waals surface area contributed by atoms with Crippen molar-refractivity contribution in [2.45, 2.75) is 6.54 Å². The summed E-state index contributed by atoms with van der Waals surface area (Å²) in [5, 5.41) is 5.31. The van der Waals surface area contributed by atoms with E-state index in [1.807, 2.05) is 40.3 Å². The van der Waals surface area contributed by atoms with Gasteiger partial charge in [-0.1, -0.05) is 23.7 Å². The number of ether oxygens (including phenoxy) is 1. The molecule has 0 aliphatic carbocycles. The molecule has 1 N–H and O–H groups in total. The second kappa shape index (κ2) is 8.80. The highest BCUT2D eigenvalue weighted by molar-refractivity contribution is 7.07. The highest BCUT2D eigenvalue weighted by atomic mass is 35.5. The van der Waals surface area contributed by atoms with E-state index in [9.17, 15) is 13.6 Å². The Hall–Kier alpha value is -3.49. The number of rotatable bonds is 4. The number of halogens is 3. The zero-order valence-corrected chi connectivity index (χ0v) is 18.6. The van der Waals surface area contributed by atoms with Crippen LogP contribution in [0.2, 0.25) is 5.02 Å². The summed E-state index contributed by atoms with van der Waals surface area (Å²) in [6, 6.07) is 16.2. The van der Waals surface area contributed by atoms with E-state index in [4.69, 9.17) is 16.3 Å². The smallest absolute Gasteiger partial charge is 0.262 e. The molecule has 0 saturated heterocycles. The van der Waals surface area contributed by atoms with Crippen LogP contribution in [0.3, 0.4) is 0 Å². The number of carbonyl (C=O) groups excluding carboxylic acids is 1. The van der Waals surface area contributed by atoms with E-state index in [0.29, 0.717) is 27.8 Å². The molecule has 1 amide bonds. The van der Waals surface area contributed by atoms with Crippen LogP contribution in [0.25, 0.3) is 11.3 Å². The van der Waals surface area contributed by atoms with Crippen LogP contribution < -0.4 is 14.9 Å². The second-order valence-corrected chi connectivity index (χ2v) is 8.65. The number of benzene rings is 3. The number of aromatic nitrogens is 1. The van der Waals surface area contributed by atoms with Crippen LogP contribution in [0, 0.1) is 11.6 Å². The maximum Gasteiger partial charge on any atom is 0.262 e. The lowest BCUT2D eigenvalue weighted by molar-refractivity contribution is -0.118. The van der Waals surface area contributed by atoms with Crippen LogP contribution in [0.5, 0.6) is 5.75 Å². The molecule has 0 radical (unpaired) electrons. The SMILES string of the molecule is O=C1COc2ccc(-c3csc(=Nc4ccc(F)cc4F)n3Cc3cccc(Cl)c3)cc2N1. The minimum Gasteiger partial charge on any atom is -0.482 e. The summed E-state index contributed by atoms with van der Waals surface area (Å²) in [7, 11) is 0. The first-order valence-electron chi connectivity index (χ1n) is 9.96. The number of nitrogens with zero attached hydrogens (tertiary/aromatic N) is 2. The fourth-order valence-corrected chi connectivity index (χ4v) is 4.67. The van der Waals surface area contributed by atoms with Gasteiger partial charge in [0.05, 0.1) is 17.9 Å². The van der Waals surface area contributed by atoms with Crippen molar-refractivity contribution in [3.05, 3.63) is 93.1 Å². The maximum absolute atomic E-state index is 14.3. The first-order valence-corrected chi connectivity index (χ1v) is 11.2. The molecule has 0 fully saturated rings. The highest BCUT2D eigenvalue weighted by Gasteiger charge is 2.18. The van der Waals surface area contributed by atoms with Crippen molar-refractivity contribution in [1.29, 1.82) is 0 Å². The molecule has 1 aliphatic rings. The molecule has 0 unspecified atom stereocenters. The van der Waals surface area contributed by atoms with Crippen molar-refractivity contribution in [3.63, 3.8) is 0 Å². The fraction of sp³-hybridized carbons (Fsp3) is 0.0833. The van der Waals surface area contributed by atoms with Crippen LogP contribution >= 0.6 is 22.9 Å². The van der Waals surface area contributed by atoms with Crippen LogP contribution in [0.15, 0.2) is 71.0 Å². The van der Waals surface area contributed by atoms with Crippen molar-refractivity contribution < 1.29 is 18.3 Å². The monoisotopic (exact) mass is 483 g/mol. The molecule has 0 bridgehead atoms. The zero-order chi connectivity index (χ0) is 22.9. The van der Waals surface area contributed by atoms with Gasteiger partial charge < -0.3 is 14.6 Å².